The maximum atomic E-state index is 4.03. The summed E-state index contributed by atoms with van der Waals surface area (Å²) in [6.07, 6.45) is 2.46. The van der Waals surface area contributed by atoms with Crippen LogP contribution >= 0.6 is 27.7 Å². The summed E-state index contributed by atoms with van der Waals surface area (Å²) in [5.74, 6) is 1.72. The zero-order chi connectivity index (χ0) is 9.97. The fraction of sp³-hybridized carbons (Fsp3) is 0.875. The Kier molecular flexibility index (Phi) is 3.43. The van der Waals surface area contributed by atoms with E-state index in [2.05, 4.69) is 38.4 Å². The fourth-order valence-electron chi connectivity index (χ4n) is 1.09. The van der Waals surface area contributed by atoms with E-state index < -0.39 is 0 Å². The number of hydrogen-bond acceptors (Lipinski definition) is 4. The molecule has 0 aromatic carbocycles. The molecule has 1 fully saturated rings. The summed E-state index contributed by atoms with van der Waals surface area (Å²) in [6.45, 7) is 2.22. The molecule has 6 heteroatoms. The summed E-state index contributed by atoms with van der Waals surface area (Å²) in [5, 5.41) is 13.8. The molecular formula is C8H13BrN4S. The lowest BCUT2D eigenvalue weighted by atomic mass is 10.3. The lowest BCUT2D eigenvalue weighted by molar-refractivity contribution is 0.564. The molecule has 1 atom stereocenters. The Labute approximate surface area is 96.0 Å². The first-order chi connectivity index (χ1) is 6.81. The minimum absolute atomic E-state index is 0.576. The Morgan fingerprint density at radius 1 is 1.64 bits per heavy atom. The van der Waals surface area contributed by atoms with E-state index in [-0.39, 0.29) is 0 Å². The molecule has 0 spiro atoms. The van der Waals surface area contributed by atoms with E-state index in [0.717, 1.165) is 16.2 Å². The Bertz CT molecular complexity index is 299. The molecule has 0 saturated heterocycles. The zero-order valence-corrected chi connectivity index (χ0v) is 10.5. The normalized spacial score (nSPS) is 18.4. The summed E-state index contributed by atoms with van der Waals surface area (Å²) in [7, 11) is 0. The Balaban J connectivity index is 1.91. The number of hydrogen-bond donors (Lipinski definition) is 0. The highest BCUT2D eigenvalue weighted by Gasteiger charge is 2.27. The summed E-state index contributed by atoms with van der Waals surface area (Å²) >= 11 is 5.22. The Morgan fingerprint density at radius 2 is 2.43 bits per heavy atom. The van der Waals surface area contributed by atoms with Crippen LogP contribution in [0.5, 0.6) is 0 Å². The van der Waals surface area contributed by atoms with Crippen LogP contribution in [0.15, 0.2) is 5.16 Å². The highest BCUT2D eigenvalue weighted by atomic mass is 79.9. The van der Waals surface area contributed by atoms with Gasteiger partial charge in [-0.1, -0.05) is 34.6 Å². The van der Waals surface area contributed by atoms with E-state index >= 15 is 0 Å². The number of aromatic nitrogens is 4. The van der Waals surface area contributed by atoms with Crippen LogP contribution in [-0.4, -0.2) is 31.3 Å². The molecule has 1 aromatic heterocycles. The van der Waals surface area contributed by atoms with Gasteiger partial charge in [0.25, 0.3) is 0 Å². The lowest BCUT2D eigenvalue weighted by Crippen LogP contribution is -2.03. The first-order valence-electron chi connectivity index (χ1n) is 4.78. The summed E-state index contributed by atoms with van der Waals surface area (Å²) in [5.41, 5.74) is 0. The molecule has 0 N–H and O–H groups in total. The standard InChI is InChI=1S/C8H13BrN4S/c1-6(4-9)5-14-8-10-11-12-13(8)7-2-3-7/h6-7H,2-5H2,1H3. The maximum Gasteiger partial charge on any atom is 0.209 e. The molecule has 0 radical (unpaired) electrons. The van der Waals surface area contributed by atoms with Crippen molar-refractivity contribution in [3.05, 3.63) is 0 Å². The number of thioether (sulfide) groups is 1. The second-order valence-electron chi connectivity index (χ2n) is 3.71. The summed E-state index contributed by atoms with van der Waals surface area (Å²) in [6, 6.07) is 0.576. The van der Waals surface area contributed by atoms with Crippen molar-refractivity contribution in [2.24, 2.45) is 5.92 Å². The molecule has 2 rings (SSSR count). The van der Waals surface area contributed by atoms with Gasteiger partial charge in [0, 0.05) is 11.1 Å². The SMILES string of the molecule is CC(CBr)CSc1nnnn1C1CC1. The van der Waals surface area contributed by atoms with Crippen molar-refractivity contribution in [1.82, 2.24) is 20.2 Å². The van der Waals surface area contributed by atoms with Gasteiger partial charge in [0.15, 0.2) is 0 Å². The molecule has 1 heterocycles. The molecule has 1 aliphatic rings. The predicted octanol–water partition coefficient (Wildman–Crippen LogP) is 2.13. The topological polar surface area (TPSA) is 43.6 Å². The first-order valence-corrected chi connectivity index (χ1v) is 6.88. The van der Waals surface area contributed by atoms with Gasteiger partial charge in [0.1, 0.15) is 0 Å². The van der Waals surface area contributed by atoms with Gasteiger partial charge in [-0.25, -0.2) is 4.68 Å². The van der Waals surface area contributed by atoms with E-state index in [1.807, 2.05) is 4.68 Å². The number of rotatable bonds is 5. The molecular weight excluding hydrogens is 264 g/mol. The highest BCUT2D eigenvalue weighted by molar-refractivity contribution is 9.09. The zero-order valence-electron chi connectivity index (χ0n) is 8.06. The van der Waals surface area contributed by atoms with Gasteiger partial charge >= 0.3 is 0 Å². The third-order valence-electron chi connectivity index (χ3n) is 2.12. The van der Waals surface area contributed by atoms with Crippen LogP contribution < -0.4 is 0 Å². The maximum absolute atomic E-state index is 4.03. The number of nitrogens with zero attached hydrogens (tertiary/aromatic N) is 4. The van der Waals surface area contributed by atoms with Gasteiger partial charge in [0.05, 0.1) is 6.04 Å². The van der Waals surface area contributed by atoms with Crippen LogP contribution in [-0.2, 0) is 0 Å². The quantitative estimate of drug-likeness (QED) is 0.611. The molecule has 4 nitrogen and oxygen atoms in total. The molecule has 1 saturated carbocycles. The first kappa shape index (κ1) is 10.4. The van der Waals surface area contributed by atoms with Gasteiger partial charge in [-0.15, -0.1) is 5.10 Å². The number of halogens is 1. The molecule has 1 aromatic rings. The molecule has 0 aliphatic heterocycles. The average molecular weight is 277 g/mol. The number of tetrazole rings is 1. The third-order valence-corrected chi connectivity index (χ3v) is 4.48. The lowest BCUT2D eigenvalue weighted by Gasteiger charge is -2.06. The number of alkyl halides is 1. The summed E-state index contributed by atoms with van der Waals surface area (Å²) < 4.78 is 1.96. The monoisotopic (exact) mass is 276 g/mol. The van der Waals surface area contributed by atoms with Gasteiger partial charge in [-0.05, 0) is 29.2 Å². The Morgan fingerprint density at radius 3 is 3.07 bits per heavy atom. The van der Waals surface area contributed by atoms with Crippen molar-refractivity contribution in [3.63, 3.8) is 0 Å². The van der Waals surface area contributed by atoms with Crippen LogP contribution in [0.1, 0.15) is 25.8 Å². The van der Waals surface area contributed by atoms with Crippen molar-refractivity contribution in [3.8, 4) is 0 Å². The van der Waals surface area contributed by atoms with Gasteiger partial charge in [-0.3, -0.25) is 0 Å². The van der Waals surface area contributed by atoms with Crippen LogP contribution in [0.25, 0.3) is 0 Å². The fourth-order valence-corrected chi connectivity index (χ4v) is 2.59. The van der Waals surface area contributed by atoms with E-state index in [4.69, 9.17) is 0 Å². The second kappa shape index (κ2) is 4.61. The summed E-state index contributed by atoms with van der Waals surface area (Å²) in [4.78, 5) is 0. The van der Waals surface area contributed by atoms with E-state index in [1.54, 1.807) is 11.8 Å². The van der Waals surface area contributed by atoms with Crippen LogP contribution in [0, 0.1) is 5.92 Å². The van der Waals surface area contributed by atoms with Crippen molar-refractivity contribution < 1.29 is 0 Å². The van der Waals surface area contributed by atoms with Crippen molar-refractivity contribution >= 4 is 27.7 Å². The largest absolute Gasteiger partial charge is 0.217 e. The molecule has 0 amide bonds. The van der Waals surface area contributed by atoms with Crippen molar-refractivity contribution in [2.45, 2.75) is 31.0 Å². The van der Waals surface area contributed by atoms with Crippen molar-refractivity contribution in [2.75, 3.05) is 11.1 Å². The minimum Gasteiger partial charge on any atom is -0.217 e. The van der Waals surface area contributed by atoms with Crippen LogP contribution in [0.3, 0.4) is 0 Å². The molecule has 78 valence electrons. The Hall–Kier alpha value is -0.100. The smallest absolute Gasteiger partial charge is 0.209 e. The third kappa shape index (κ3) is 2.48. The molecule has 14 heavy (non-hydrogen) atoms. The molecule has 1 aliphatic carbocycles. The minimum atomic E-state index is 0.576. The highest BCUT2D eigenvalue weighted by Crippen LogP contribution is 2.36. The van der Waals surface area contributed by atoms with Crippen molar-refractivity contribution in [1.29, 1.82) is 0 Å². The molecule has 0 bridgehead atoms. The van der Waals surface area contributed by atoms with Gasteiger partial charge in [-0.2, -0.15) is 0 Å². The van der Waals surface area contributed by atoms with E-state index in [0.29, 0.717) is 12.0 Å². The average Bonchev–Trinajstić information content (AvgIpc) is 2.94. The van der Waals surface area contributed by atoms with Gasteiger partial charge < -0.3 is 0 Å². The second-order valence-corrected chi connectivity index (χ2v) is 5.34. The van der Waals surface area contributed by atoms with Crippen LogP contribution in [0.2, 0.25) is 0 Å². The van der Waals surface area contributed by atoms with Crippen LogP contribution in [0.4, 0.5) is 0 Å². The predicted molar refractivity (Wildman–Crippen MR) is 59.8 cm³/mol. The van der Waals surface area contributed by atoms with E-state index in [1.165, 1.54) is 12.8 Å². The van der Waals surface area contributed by atoms with Gasteiger partial charge in [0.2, 0.25) is 5.16 Å². The van der Waals surface area contributed by atoms with E-state index in [9.17, 15) is 0 Å². The molecule has 1 unspecified atom stereocenters.